The summed E-state index contributed by atoms with van der Waals surface area (Å²) in [6.45, 7) is 1.04. The molecule has 1 heterocycles. The van der Waals surface area contributed by atoms with Gasteiger partial charge in [-0.15, -0.1) is 0 Å². The highest BCUT2D eigenvalue weighted by atomic mass is 32.2. The number of nitrogens with two attached hydrogens (primary N) is 1. The molecule has 2 N–H and O–H groups in total. The van der Waals surface area contributed by atoms with Crippen LogP contribution in [0.5, 0.6) is 0 Å². The summed E-state index contributed by atoms with van der Waals surface area (Å²) in [7, 11) is -7.27. The molecule has 1 fully saturated rings. The van der Waals surface area contributed by atoms with Crippen LogP contribution in [0.1, 0.15) is 11.5 Å². The summed E-state index contributed by atoms with van der Waals surface area (Å²) in [4.78, 5) is -0.0161. The Kier molecular flexibility index (Phi) is 5.21. The molecule has 2 atom stereocenters. The number of benzene rings is 2. The van der Waals surface area contributed by atoms with E-state index in [-0.39, 0.29) is 21.6 Å². The molecule has 3 rings (SSSR count). The topological polar surface area (TPSA) is 97.5 Å². The summed E-state index contributed by atoms with van der Waals surface area (Å²) >= 11 is 0. The molecule has 8 heteroatoms. The largest absolute Gasteiger partial charge is 0.330 e. The molecular formula is C18H22N2O4S2. The van der Waals surface area contributed by atoms with Crippen LogP contribution in [0.4, 0.5) is 0 Å². The Morgan fingerprint density at radius 3 is 2.23 bits per heavy atom. The lowest BCUT2D eigenvalue weighted by atomic mass is 9.89. The summed E-state index contributed by atoms with van der Waals surface area (Å²) in [5, 5.41) is 0. The van der Waals surface area contributed by atoms with E-state index in [2.05, 4.69) is 0 Å². The molecule has 2 aromatic carbocycles. The van der Waals surface area contributed by atoms with Crippen molar-refractivity contribution < 1.29 is 16.8 Å². The molecule has 0 amide bonds. The predicted octanol–water partition coefficient (Wildman–Crippen LogP) is 1.45. The molecule has 0 aliphatic carbocycles. The van der Waals surface area contributed by atoms with E-state index in [0.717, 1.165) is 11.8 Å². The van der Waals surface area contributed by atoms with Crippen LogP contribution in [-0.4, -0.2) is 47.0 Å². The van der Waals surface area contributed by atoms with Crippen LogP contribution in [0.25, 0.3) is 0 Å². The van der Waals surface area contributed by atoms with Crippen molar-refractivity contribution >= 4 is 19.9 Å². The molecule has 140 valence electrons. The highest BCUT2D eigenvalue weighted by Gasteiger charge is 2.39. The van der Waals surface area contributed by atoms with Crippen molar-refractivity contribution in [1.82, 2.24) is 4.31 Å². The van der Waals surface area contributed by atoms with E-state index in [0.29, 0.717) is 19.6 Å². The number of hydrogen-bond acceptors (Lipinski definition) is 5. The van der Waals surface area contributed by atoms with Gasteiger partial charge in [-0.05, 0) is 36.2 Å². The molecule has 0 spiro atoms. The molecule has 0 unspecified atom stereocenters. The molecule has 1 saturated heterocycles. The number of sulfonamides is 1. The minimum Gasteiger partial charge on any atom is -0.330 e. The van der Waals surface area contributed by atoms with E-state index >= 15 is 0 Å². The quantitative estimate of drug-likeness (QED) is 0.828. The van der Waals surface area contributed by atoms with Crippen LogP contribution >= 0.6 is 0 Å². The van der Waals surface area contributed by atoms with Crippen LogP contribution in [0.2, 0.25) is 0 Å². The van der Waals surface area contributed by atoms with Crippen molar-refractivity contribution in [3.05, 3.63) is 60.2 Å². The molecular weight excluding hydrogens is 372 g/mol. The second-order valence-corrected chi connectivity index (χ2v) is 10.5. The summed E-state index contributed by atoms with van der Waals surface area (Å²) in [5.41, 5.74) is 6.95. The first-order valence-corrected chi connectivity index (χ1v) is 11.6. The maximum atomic E-state index is 13.0. The fraction of sp³-hybridized carbons (Fsp3) is 0.333. The number of sulfone groups is 1. The van der Waals surface area contributed by atoms with Gasteiger partial charge < -0.3 is 5.73 Å². The minimum absolute atomic E-state index is 0.00671. The SMILES string of the molecule is CS(=O)(=O)c1cccc(S(=O)(=O)N2C[C@@H](CN)[C@H](c3ccccc3)C2)c1. The monoisotopic (exact) mass is 394 g/mol. The Balaban J connectivity index is 1.94. The third kappa shape index (κ3) is 3.68. The Morgan fingerprint density at radius 1 is 0.962 bits per heavy atom. The zero-order valence-corrected chi connectivity index (χ0v) is 16.1. The first-order valence-electron chi connectivity index (χ1n) is 8.29. The van der Waals surface area contributed by atoms with Crippen LogP contribution < -0.4 is 5.73 Å². The van der Waals surface area contributed by atoms with Gasteiger partial charge in [-0.25, -0.2) is 16.8 Å². The molecule has 2 aromatic rings. The Labute approximate surface area is 154 Å². The second-order valence-electron chi connectivity index (χ2n) is 6.58. The van der Waals surface area contributed by atoms with Crippen LogP contribution in [-0.2, 0) is 19.9 Å². The highest BCUT2D eigenvalue weighted by Crippen LogP contribution is 2.35. The van der Waals surface area contributed by atoms with Crippen molar-refractivity contribution in [2.75, 3.05) is 25.9 Å². The molecule has 26 heavy (non-hydrogen) atoms. The third-order valence-electron chi connectivity index (χ3n) is 4.81. The molecule has 1 aliphatic heterocycles. The zero-order valence-electron chi connectivity index (χ0n) is 14.4. The van der Waals surface area contributed by atoms with E-state index in [1.807, 2.05) is 30.3 Å². The lowest BCUT2D eigenvalue weighted by Gasteiger charge is -2.17. The maximum absolute atomic E-state index is 13.0. The molecule has 0 saturated carbocycles. The summed E-state index contributed by atoms with van der Waals surface area (Å²) in [6.07, 6.45) is 1.06. The van der Waals surface area contributed by atoms with Crippen LogP contribution in [0.15, 0.2) is 64.4 Å². The molecule has 6 nitrogen and oxygen atoms in total. The standard InChI is InChI=1S/C18H22N2O4S2/c1-25(21,22)16-8-5-9-17(10-16)26(23,24)20-12-15(11-19)18(13-20)14-6-3-2-4-7-14/h2-10,15,18H,11-13,19H2,1H3/t15-,18+/m1/s1. The van der Waals surface area contributed by atoms with E-state index in [4.69, 9.17) is 5.73 Å². The van der Waals surface area contributed by atoms with Gasteiger partial charge in [0.15, 0.2) is 9.84 Å². The van der Waals surface area contributed by atoms with Gasteiger partial charge >= 0.3 is 0 Å². The van der Waals surface area contributed by atoms with Gasteiger partial charge in [-0.3, -0.25) is 0 Å². The number of rotatable bonds is 5. The van der Waals surface area contributed by atoms with Gasteiger partial charge in [0.2, 0.25) is 10.0 Å². The van der Waals surface area contributed by atoms with Crippen molar-refractivity contribution in [3.8, 4) is 0 Å². The average Bonchev–Trinajstić information content (AvgIpc) is 3.07. The molecule has 0 aromatic heterocycles. The molecule has 0 radical (unpaired) electrons. The van der Waals surface area contributed by atoms with Crippen molar-refractivity contribution in [3.63, 3.8) is 0 Å². The smallest absolute Gasteiger partial charge is 0.243 e. The van der Waals surface area contributed by atoms with E-state index in [1.165, 1.54) is 28.6 Å². The van der Waals surface area contributed by atoms with Gasteiger partial charge in [0, 0.05) is 25.3 Å². The third-order valence-corrected chi connectivity index (χ3v) is 7.75. The fourth-order valence-corrected chi connectivity index (χ4v) is 5.67. The minimum atomic E-state index is -3.79. The van der Waals surface area contributed by atoms with Crippen molar-refractivity contribution in [1.29, 1.82) is 0 Å². The second kappa shape index (κ2) is 7.11. The lowest BCUT2D eigenvalue weighted by Crippen LogP contribution is -2.30. The normalized spacial score (nSPS) is 21.8. The first kappa shape index (κ1) is 19.0. The maximum Gasteiger partial charge on any atom is 0.243 e. The zero-order chi connectivity index (χ0) is 18.9. The Bertz CT molecular complexity index is 989. The molecule has 0 bridgehead atoms. The highest BCUT2D eigenvalue weighted by molar-refractivity contribution is 7.91. The van der Waals surface area contributed by atoms with E-state index in [1.54, 1.807) is 0 Å². The summed E-state index contributed by atoms with van der Waals surface area (Å²) in [5.74, 6) is 0.0410. The van der Waals surface area contributed by atoms with Gasteiger partial charge in [0.05, 0.1) is 9.79 Å². The van der Waals surface area contributed by atoms with Gasteiger partial charge in [-0.1, -0.05) is 36.4 Å². The summed E-state index contributed by atoms with van der Waals surface area (Å²) in [6, 6.07) is 15.2. The van der Waals surface area contributed by atoms with E-state index in [9.17, 15) is 16.8 Å². The average molecular weight is 395 g/mol. The van der Waals surface area contributed by atoms with Crippen LogP contribution in [0.3, 0.4) is 0 Å². The van der Waals surface area contributed by atoms with Crippen molar-refractivity contribution in [2.24, 2.45) is 11.7 Å². The van der Waals surface area contributed by atoms with E-state index < -0.39 is 19.9 Å². The Morgan fingerprint density at radius 2 is 1.62 bits per heavy atom. The van der Waals surface area contributed by atoms with Gasteiger partial charge in [-0.2, -0.15) is 4.31 Å². The number of nitrogens with zero attached hydrogens (tertiary/aromatic N) is 1. The van der Waals surface area contributed by atoms with Crippen molar-refractivity contribution in [2.45, 2.75) is 15.7 Å². The Hall–Kier alpha value is -1.74. The summed E-state index contributed by atoms with van der Waals surface area (Å²) < 4.78 is 51.0. The van der Waals surface area contributed by atoms with Crippen LogP contribution in [0, 0.1) is 5.92 Å². The predicted molar refractivity (Wildman–Crippen MR) is 100 cm³/mol. The first-order chi connectivity index (χ1) is 12.2. The molecule has 1 aliphatic rings. The van der Waals surface area contributed by atoms with Gasteiger partial charge in [0.1, 0.15) is 0 Å². The lowest BCUT2D eigenvalue weighted by molar-refractivity contribution is 0.459. The number of hydrogen-bond donors (Lipinski definition) is 1. The fourth-order valence-electron chi connectivity index (χ4n) is 3.36. The van der Waals surface area contributed by atoms with Gasteiger partial charge in [0.25, 0.3) is 0 Å².